The number of rotatable bonds is 3. The Labute approximate surface area is 142 Å². The van der Waals surface area contributed by atoms with Crippen LogP contribution >= 0.6 is 0 Å². The molecule has 2 aromatic carbocycles. The molecule has 0 N–H and O–H groups in total. The van der Waals surface area contributed by atoms with E-state index in [1.165, 1.54) is 18.2 Å². The molecule has 25 heavy (non-hydrogen) atoms. The highest BCUT2D eigenvalue weighted by molar-refractivity contribution is 7.89. The van der Waals surface area contributed by atoms with Gasteiger partial charge in [-0.05, 0) is 48.7 Å². The van der Waals surface area contributed by atoms with Crippen LogP contribution in [0.25, 0.3) is 0 Å². The summed E-state index contributed by atoms with van der Waals surface area (Å²) in [5.74, 6) is -0.584. The number of nitrogens with zero attached hydrogens (tertiary/aromatic N) is 1. The average Bonchev–Trinajstić information content (AvgIpc) is 3.05. The van der Waals surface area contributed by atoms with E-state index in [-0.39, 0.29) is 17.0 Å². The third kappa shape index (κ3) is 3.41. The minimum atomic E-state index is -4.56. The number of hydrogen-bond donors (Lipinski definition) is 0. The van der Waals surface area contributed by atoms with Gasteiger partial charge in [0.1, 0.15) is 5.82 Å². The smallest absolute Gasteiger partial charge is 0.207 e. The molecular weight excluding hydrogens is 358 g/mol. The van der Waals surface area contributed by atoms with Crippen molar-refractivity contribution < 1.29 is 26.0 Å². The predicted octanol–water partition coefficient (Wildman–Crippen LogP) is 4.37. The molecule has 8 heteroatoms. The van der Waals surface area contributed by atoms with E-state index in [0.29, 0.717) is 12.8 Å². The zero-order chi connectivity index (χ0) is 18.2. The van der Waals surface area contributed by atoms with E-state index in [0.717, 1.165) is 34.6 Å². The fourth-order valence-corrected chi connectivity index (χ4v) is 4.80. The second-order valence-corrected chi connectivity index (χ2v) is 7.70. The monoisotopic (exact) mass is 373 g/mol. The third-order valence-corrected chi connectivity index (χ3v) is 6.17. The van der Waals surface area contributed by atoms with Crippen LogP contribution in [-0.2, 0) is 16.2 Å². The van der Waals surface area contributed by atoms with E-state index < -0.39 is 33.6 Å². The molecular formula is C17H15F4NO2S. The van der Waals surface area contributed by atoms with Gasteiger partial charge in [0.25, 0.3) is 0 Å². The third-order valence-electron chi connectivity index (χ3n) is 4.25. The van der Waals surface area contributed by atoms with Gasteiger partial charge in [-0.25, -0.2) is 12.8 Å². The van der Waals surface area contributed by atoms with Gasteiger partial charge in [-0.1, -0.05) is 18.2 Å². The summed E-state index contributed by atoms with van der Waals surface area (Å²) in [6.07, 6.45) is -3.81. The summed E-state index contributed by atoms with van der Waals surface area (Å²) < 4.78 is 79.6. The first kappa shape index (κ1) is 17.9. The fraction of sp³-hybridized carbons (Fsp3) is 0.294. The molecule has 0 spiro atoms. The Kier molecular flexibility index (Phi) is 4.59. The first-order chi connectivity index (χ1) is 11.7. The molecule has 1 unspecified atom stereocenters. The van der Waals surface area contributed by atoms with Crippen molar-refractivity contribution in [1.82, 2.24) is 4.31 Å². The molecule has 0 radical (unpaired) electrons. The normalized spacial score (nSPS) is 19.3. The number of halogens is 4. The molecule has 0 aliphatic carbocycles. The van der Waals surface area contributed by atoms with Crippen molar-refractivity contribution in [2.45, 2.75) is 30.0 Å². The maximum Gasteiger partial charge on any atom is 0.416 e. The van der Waals surface area contributed by atoms with E-state index in [4.69, 9.17) is 0 Å². The zero-order valence-electron chi connectivity index (χ0n) is 13.0. The zero-order valence-corrected chi connectivity index (χ0v) is 13.8. The highest BCUT2D eigenvalue weighted by atomic mass is 32.2. The second-order valence-electron chi connectivity index (χ2n) is 5.81. The molecule has 1 heterocycles. The van der Waals surface area contributed by atoms with Crippen LogP contribution in [0, 0.1) is 5.82 Å². The second kappa shape index (κ2) is 6.42. The summed E-state index contributed by atoms with van der Waals surface area (Å²) >= 11 is 0. The molecule has 2 aromatic rings. The van der Waals surface area contributed by atoms with Gasteiger partial charge in [0.05, 0.1) is 16.5 Å². The van der Waals surface area contributed by atoms with Crippen LogP contribution in [-0.4, -0.2) is 19.3 Å². The van der Waals surface area contributed by atoms with E-state index >= 15 is 0 Å². The lowest BCUT2D eigenvalue weighted by atomic mass is 9.99. The van der Waals surface area contributed by atoms with Crippen molar-refractivity contribution in [2.75, 3.05) is 6.54 Å². The maximum absolute atomic E-state index is 13.3. The predicted molar refractivity (Wildman–Crippen MR) is 83.7 cm³/mol. The Bertz CT molecular complexity index is 863. The van der Waals surface area contributed by atoms with E-state index in [1.54, 1.807) is 0 Å². The van der Waals surface area contributed by atoms with Crippen LogP contribution in [0.3, 0.4) is 0 Å². The topological polar surface area (TPSA) is 37.4 Å². The Hall–Kier alpha value is -1.93. The standard InChI is InChI=1S/C17H15F4NO2S/c18-12-7-9-13(10-8-12)25(23,24)22-11-3-6-16(22)14-4-1-2-5-15(14)17(19,20)21/h1-2,4-5,7-10,16H,3,6,11H2. The number of alkyl halides is 3. The van der Waals surface area contributed by atoms with Gasteiger partial charge in [0.2, 0.25) is 10.0 Å². The van der Waals surface area contributed by atoms with Gasteiger partial charge < -0.3 is 0 Å². The summed E-state index contributed by atoms with van der Waals surface area (Å²) in [7, 11) is -4.02. The Balaban J connectivity index is 2.03. The molecule has 1 fully saturated rings. The lowest BCUT2D eigenvalue weighted by Gasteiger charge is -2.26. The molecule has 0 amide bonds. The molecule has 1 saturated heterocycles. The Morgan fingerprint density at radius 3 is 2.28 bits per heavy atom. The van der Waals surface area contributed by atoms with Crippen molar-refractivity contribution in [2.24, 2.45) is 0 Å². The van der Waals surface area contributed by atoms with Crippen LogP contribution in [0.15, 0.2) is 53.4 Å². The molecule has 1 aliphatic rings. The minimum Gasteiger partial charge on any atom is -0.207 e. The summed E-state index contributed by atoms with van der Waals surface area (Å²) in [6.45, 7) is 0.122. The fourth-order valence-electron chi connectivity index (χ4n) is 3.13. The summed E-state index contributed by atoms with van der Waals surface area (Å²) in [5.41, 5.74) is -0.889. The Morgan fingerprint density at radius 2 is 1.64 bits per heavy atom. The average molecular weight is 373 g/mol. The molecule has 1 atom stereocenters. The van der Waals surface area contributed by atoms with Crippen molar-refractivity contribution in [3.05, 3.63) is 65.5 Å². The molecule has 134 valence electrons. The minimum absolute atomic E-state index is 0.0572. The van der Waals surface area contributed by atoms with Crippen LogP contribution in [0.1, 0.15) is 30.0 Å². The van der Waals surface area contributed by atoms with Gasteiger partial charge >= 0.3 is 6.18 Å². The number of sulfonamides is 1. The van der Waals surface area contributed by atoms with E-state index in [9.17, 15) is 26.0 Å². The van der Waals surface area contributed by atoms with Crippen molar-refractivity contribution in [3.8, 4) is 0 Å². The summed E-state index contributed by atoms with van der Waals surface area (Å²) in [6, 6.07) is 8.38. The summed E-state index contributed by atoms with van der Waals surface area (Å²) in [5, 5.41) is 0. The van der Waals surface area contributed by atoms with Gasteiger partial charge in [0.15, 0.2) is 0 Å². The first-order valence-electron chi connectivity index (χ1n) is 7.65. The lowest BCUT2D eigenvalue weighted by Crippen LogP contribution is -2.31. The van der Waals surface area contributed by atoms with Gasteiger partial charge in [-0.3, -0.25) is 0 Å². The van der Waals surface area contributed by atoms with Crippen LogP contribution in [0.5, 0.6) is 0 Å². The molecule has 0 aromatic heterocycles. The molecule has 0 saturated carbocycles. The largest absolute Gasteiger partial charge is 0.416 e. The highest BCUT2D eigenvalue weighted by Crippen LogP contribution is 2.42. The van der Waals surface area contributed by atoms with Crippen molar-refractivity contribution in [3.63, 3.8) is 0 Å². The lowest BCUT2D eigenvalue weighted by molar-refractivity contribution is -0.138. The van der Waals surface area contributed by atoms with Crippen molar-refractivity contribution in [1.29, 1.82) is 0 Å². The van der Waals surface area contributed by atoms with Crippen LogP contribution < -0.4 is 0 Å². The van der Waals surface area contributed by atoms with Crippen LogP contribution in [0.4, 0.5) is 17.6 Å². The van der Waals surface area contributed by atoms with E-state index in [2.05, 4.69) is 0 Å². The first-order valence-corrected chi connectivity index (χ1v) is 9.09. The number of benzene rings is 2. The molecule has 3 rings (SSSR count). The van der Waals surface area contributed by atoms with Gasteiger partial charge in [-0.2, -0.15) is 17.5 Å². The SMILES string of the molecule is O=S(=O)(c1ccc(F)cc1)N1CCCC1c1ccccc1C(F)(F)F. The Morgan fingerprint density at radius 1 is 1.00 bits per heavy atom. The molecule has 1 aliphatic heterocycles. The van der Waals surface area contributed by atoms with E-state index in [1.807, 2.05) is 0 Å². The van der Waals surface area contributed by atoms with Crippen LogP contribution in [0.2, 0.25) is 0 Å². The highest BCUT2D eigenvalue weighted by Gasteiger charge is 2.41. The molecule has 0 bridgehead atoms. The van der Waals surface area contributed by atoms with Gasteiger partial charge in [-0.15, -0.1) is 0 Å². The molecule has 3 nitrogen and oxygen atoms in total. The maximum atomic E-state index is 13.3. The summed E-state index contributed by atoms with van der Waals surface area (Å²) in [4.78, 5) is -0.134. The number of hydrogen-bond acceptors (Lipinski definition) is 2. The van der Waals surface area contributed by atoms with Crippen molar-refractivity contribution >= 4 is 10.0 Å². The van der Waals surface area contributed by atoms with Gasteiger partial charge in [0, 0.05) is 6.54 Å². The quantitative estimate of drug-likeness (QED) is 0.750.